The van der Waals surface area contributed by atoms with Gasteiger partial charge in [-0.25, -0.2) is 0 Å². The topological polar surface area (TPSA) is 55.1 Å². The van der Waals surface area contributed by atoms with Gasteiger partial charge in [0, 0.05) is 11.9 Å². The van der Waals surface area contributed by atoms with Gasteiger partial charge in [0.1, 0.15) is 6.10 Å². The van der Waals surface area contributed by atoms with Crippen molar-refractivity contribution in [1.29, 1.82) is 0 Å². The molecule has 1 N–H and O–H groups in total. The lowest BCUT2D eigenvalue weighted by Gasteiger charge is -2.11. The number of aromatic nitrogens is 2. The van der Waals surface area contributed by atoms with Crippen molar-refractivity contribution in [2.75, 3.05) is 0 Å². The van der Waals surface area contributed by atoms with Gasteiger partial charge in [-0.15, -0.1) is 0 Å². The number of ketones is 1. The molecule has 1 heterocycles. The minimum Gasteiger partial charge on any atom is -0.385 e. The molecule has 0 amide bonds. The average Bonchev–Trinajstić information content (AvgIpc) is 2.76. The predicted octanol–water partition coefficient (Wildman–Crippen LogP) is 2.18. The number of aliphatic hydroxyl groups is 1. The molecule has 0 spiro atoms. The number of fused-ring (bicyclic) bond motifs is 1. The Morgan fingerprint density at radius 3 is 2.68 bits per heavy atom. The van der Waals surface area contributed by atoms with Crippen LogP contribution in [0.2, 0.25) is 0 Å². The molecule has 2 rings (SSSR count). The quantitative estimate of drug-likeness (QED) is 0.896. The van der Waals surface area contributed by atoms with Gasteiger partial charge in [-0.1, -0.05) is 32.0 Å². The van der Waals surface area contributed by atoms with Crippen molar-refractivity contribution in [3.63, 3.8) is 0 Å². The van der Waals surface area contributed by atoms with Gasteiger partial charge in [0.05, 0.1) is 17.6 Å². The van der Waals surface area contributed by atoms with E-state index in [0.717, 1.165) is 23.1 Å². The van der Waals surface area contributed by atoms with Crippen LogP contribution >= 0.6 is 0 Å². The third-order valence-corrected chi connectivity index (χ3v) is 3.34. The number of carbonyl (C=O) groups is 1. The second-order valence-electron chi connectivity index (χ2n) is 5.11. The molecule has 19 heavy (non-hydrogen) atoms. The number of Topliss-reactive ketones (excluding diaryl/α,β-unsaturated/α-hetero) is 1. The average molecular weight is 260 g/mol. The van der Waals surface area contributed by atoms with E-state index in [2.05, 4.69) is 5.10 Å². The lowest BCUT2D eigenvalue weighted by atomic mass is 9.99. The van der Waals surface area contributed by atoms with Crippen LogP contribution in [0.25, 0.3) is 10.9 Å². The maximum atomic E-state index is 12.0. The normalized spacial score (nSPS) is 13.1. The Morgan fingerprint density at radius 1 is 1.37 bits per heavy atom. The van der Waals surface area contributed by atoms with Gasteiger partial charge in [-0.3, -0.25) is 9.48 Å². The Balaban J connectivity index is 2.33. The second-order valence-corrected chi connectivity index (χ2v) is 5.11. The fourth-order valence-electron chi connectivity index (χ4n) is 2.21. The Morgan fingerprint density at radius 2 is 2.05 bits per heavy atom. The van der Waals surface area contributed by atoms with Crippen LogP contribution in [0.1, 0.15) is 26.5 Å². The van der Waals surface area contributed by atoms with Gasteiger partial charge < -0.3 is 5.11 Å². The highest BCUT2D eigenvalue weighted by molar-refractivity contribution is 5.90. The van der Waals surface area contributed by atoms with Crippen LogP contribution in [0.4, 0.5) is 0 Å². The molecule has 102 valence electrons. The molecule has 0 aliphatic rings. The number of hydrogen-bond donors (Lipinski definition) is 1. The fourth-order valence-corrected chi connectivity index (χ4v) is 2.21. The molecule has 1 unspecified atom stereocenters. The summed E-state index contributed by atoms with van der Waals surface area (Å²) in [5, 5.41) is 15.3. The van der Waals surface area contributed by atoms with E-state index in [1.165, 1.54) is 0 Å². The molecule has 4 heteroatoms. The summed E-state index contributed by atoms with van der Waals surface area (Å²) in [6.45, 7) is 6.46. The van der Waals surface area contributed by atoms with Crippen molar-refractivity contribution in [2.45, 2.75) is 39.8 Å². The molecule has 1 aromatic carbocycles. The molecule has 2 aromatic rings. The Labute approximate surface area is 113 Å². The summed E-state index contributed by atoms with van der Waals surface area (Å²) in [6, 6.07) is 7.87. The number of hydrogen-bond acceptors (Lipinski definition) is 3. The van der Waals surface area contributed by atoms with Crippen molar-refractivity contribution in [1.82, 2.24) is 9.78 Å². The SMILES string of the molecule is CCn1nc(CC(=O)C(O)C(C)C)c2ccccc21. The van der Waals surface area contributed by atoms with Crippen LogP contribution in [0.15, 0.2) is 24.3 Å². The van der Waals surface area contributed by atoms with Gasteiger partial charge in [-0.05, 0) is 18.9 Å². The first-order valence-electron chi connectivity index (χ1n) is 6.69. The van der Waals surface area contributed by atoms with Crippen LogP contribution in [0, 0.1) is 5.92 Å². The first-order chi connectivity index (χ1) is 9.04. The molecule has 4 nitrogen and oxygen atoms in total. The van der Waals surface area contributed by atoms with Crippen LogP contribution < -0.4 is 0 Å². The summed E-state index contributed by atoms with van der Waals surface area (Å²) in [4.78, 5) is 12.0. The maximum absolute atomic E-state index is 12.0. The molecule has 0 radical (unpaired) electrons. The smallest absolute Gasteiger partial charge is 0.167 e. The molecule has 0 saturated heterocycles. The van der Waals surface area contributed by atoms with Crippen LogP contribution in [-0.2, 0) is 17.8 Å². The Hall–Kier alpha value is -1.68. The number of carbonyl (C=O) groups excluding carboxylic acids is 1. The molecular weight excluding hydrogens is 240 g/mol. The minimum atomic E-state index is -0.912. The van der Waals surface area contributed by atoms with Crippen LogP contribution in [0.5, 0.6) is 0 Å². The van der Waals surface area contributed by atoms with E-state index in [1.54, 1.807) is 0 Å². The number of rotatable bonds is 5. The maximum Gasteiger partial charge on any atom is 0.167 e. The van der Waals surface area contributed by atoms with E-state index in [-0.39, 0.29) is 18.1 Å². The zero-order chi connectivity index (χ0) is 14.0. The Kier molecular flexibility index (Phi) is 4.00. The molecule has 1 aromatic heterocycles. The third-order valence-electron chi connectivity index (χ3n) is 3.34. The molecule has 0 fully saturated rings. The number of nitrogens with zero attached hydrogens (tertiary/aromatic N) is 2. The third kappa shape index (κ3) is 2.68. The van der Waals surface area contributed by atoms with Crippen molar-refractivity contribution in [2.24, 2.45) is 5.92 Å². The minimum absolute atomic E-state index is 0.0629. The summed E-state index contributed by atoms with van der Waals surface area (Å²) < 4.78 is 1.89. The summed E-state index contributed by atoms with van der Waals surface area (Å²) in [5.74, 6) is -0.228. The number of aryl methyl sites for hydroxylation is 1. The summed E-state index contributed by atoms with van der Waals surface area (Å²) in [5.41, 5.74) is 1.79. The van der Waals surface area contributed by atoms with Crippen molar-refractivity contribution < 1.29 is 9.90 Å². The van der Waals surface area contributed by atoms with Gasteiger partial charge in [0.25, 0.3) is 0 Å². The van der Waals surface area contributed by atoms with E-state index in [1.807, 2.05) is 49.7 Å². The number of aliphatic hydroxyl groups excluding tert-OH is 1. The summed E-state index contributed by atoms with van der Waals surface area (Å²) in [6.07, 6.45) is -0.724. The molecular formula is C15H20N2O2. The van der Waals surface area contributed by atoms with E-state index >= 15 is 0 Å². The largest absolute Gasteiger partial charge is 0.385 e. The zero-order valence-electron chi connectivity index (χ0n) is 11.6. The monoisotopic (exact) mass is 260 g/mol. The Bertz CT molecular complexity index is 587. The summed E-state index contributed by atoms with van der Waals surface area (Å²) in [7, 11) is 0. The summed E-state index contributed by atoms with van der Waals surface area (Å²) >= 11 is 0. The van der Waals surface area contributed by atoms with Crippen molar-refractivity contribution in [3.05, 3.63) is 30.0 Å². The standard InChI is InChI=1S/C15H20N2O2/c1-4-17-13-8-6-5-7-11(13)12(16-17)9-14(18)15(19)10(2)3/h5-8,10,15,19H,4,9H2,1-3H3. The van der Waals surface area contributed by atoms with Gasteiger partial charge in [0.15, 0.2) is 5.78 Å². The lowest BCUT2D eigenvalue weighted by Crippen LogP contribution is -2.27. The van der Waals surface area contributed by atoms with E-state index in [0.29, 0.717) is 0 Å². The molecule has 0 bridgehead atoms. The highest BCUT2D eigenvalue weighted by Crippen LogP contribution is 2.20. The van der Waals surface area contributed by atoms with Crippen molar-refractivity contribution in [3.8, 4) is 0 Å². The van der Waals surface area contributed by atoms with Gasteiger partial charge >= 0.3 is 0 Å². The van der Waals surface area contributed by atoms with Crippen molar-refractivity contribution >= 4 is 16.7 Å². The fraction of sp³-hybridized carbons (Fsp3) is 0.467. The van der Waals surface area contributed by atoms with Gasteiger partial charge in [0.2, 0.25) is 0 Å². The predicted molar refractivity (Wildman–Crippen MR) is 75.0 cm³/mol. The molecule has 0 aliphatic carbocycles. The zero-order valence-corrected chi connectivity index (χ0v) is 11.6. The van der Waals surface area contributed by atoms with E-state index in [4.69, 9.17) is 0 Å². The molecule has 1 atom stereocenters. The van der Waals surface area contributed by atoms with Crippen LogP contribution in [-0.4, -0.2) is 26.8 Å². The van der Waals surface area contributed by atoms with E-state index < -0.39 is 6.10 Å². The van der Waals surface area contributed by atoms with Gasteiger partial charge in [-0.2, -0.15) is 5.10 Å². The van der Waals surface area contributed by atoms with E-state index in [9.17, 15) is 9.90 Å². The van der Waals surface area contributed by atoms with Crippen LogP contribution in [0.3, 0.4) is 0 Å². The number of benzene rings is 1. The highest BCUT2D eigenvalue weighted by atomic mass is 16.3. The first-order valence-corrected chi connectivity index (χ1v) is 6.69. The second kappa shape index (κ2) is 5.53. The first kappa shape index (κ1) is 13.7. The molecule has 0 saturated carbocycles. The highest BCUT2D eigenvalue weighted by Gasteiger charge is 2.21. The number of para-hydroxylation sites is 1. The lowest BCUT2D eigenvalue weighted by molar-refractivity contribution is -0.128. The molecule has 0 aliphatic heterocycles.